The lowest BCUT2D eigenvalue weighted by molar-refractivity contribution is -0.127. The second kappa shape index (κ2) is 5.51. The van der Waals surface area contributed by atoms with Gasteiger partial charge in [-0.1, -0.05) is 0 Å². The summed E-state index contributed by atoms with van der Waals surface area (Å²) in [5.74, 6) is -0.311. The highest BCUT2D eigenvalue weighted by Gasteiger charge is 2.29. The van der Waals surface area contributed by atoms with Crippen LogP contribution in [0.25, 0.3) is 0 Å². The minimum atomic E-state index is -0.605. The number of nitrogens with zero attached hydrogens (tertiary/aromatic N) is 2. The van der Waals surface area contributed by atoms with Crippen molar-refractivity contribution in [2.75, 3.05) is 18.4 Å². The van der Waals surface area contributed by atoms with Gasteiger partial charge in [-0.05, 0) is 32.9 Å². The van der Waals surface area contributed by atoms with Crippen LogP contribution in [0.3, 0.4) is 0 Å². The maximum atomic E-state index is 12.0. The highest BCUT2D eigenvalue weighted by atomic mass is 16.6. The molecule has 7 heteroatoms. The molecule has 1 aliphatic heterocycles. The van der Waals surface area contributed by atoms with Gasteiger partial charge in [-0.2, -0.15) is 0 Å². The molecule has 0 spiro atoms. The van der Waals surface area contributed by atoms with Gasteiger partial charge in [0.25, 0.3) is 5.91 Å². The molecule has 1 aromatic rings. The number of ether oxygens (including phenoxy) is 1. The van der Waals surface area contributed by atoms with E-state index in [-0.39, 0.29) is 30.5 Å². The molecular formula is C14H17N3O4. The Kier molecular flexibility index (Phi) is 3.93. The fraction of sp³-hybridized carbons (Fsp3) is 0.429. The third kappa shape index (κ3) is 4.01. The number of carbonyl (C=O) groups is 3. The van der Waals surface area contributed by atoms with Gasteiger partial charge in [0.2, 0.25) is 0 Å². The lowest BCUT2D eigenvalue weighted by Gasteiger charge is -2.28. The number of hydrogen-bond donors (Lipinski definition) is 1. The van der Waals surface area contributed by atoms with Crippen molar-refractivity contribution >= 4 is 23.5 Å². The maximum absolute atomic E-state index is 12.0. The van der Waals surface area contributed by atoms with Crippen LogP contribution in [0.5, 0.6) is 0 Å². The smallest absolute Gasteiger partial charge is 0.412 e. The van der Waals surface area contributed by atoms with Crippen molar-refractivity contribution in [3.8, 4) is 0 Å². The molecule has 0 radical (unpaired) electrons. The van der Waals surface area contributed by atoms with Crippen LogP contribution in [0.15, 0.2) is 18.3 Å². The van der Waals surface area contributed by atoms with Crippen molar-refractivity contribution in [3.63, 3.8) is 0 Å². The highest BCUT2D eigenvalue weighted by molar-refractivity contribution is 6.02. The lowest BCUT2D eigenvalue weighted by atomic mass is 10.1. The van der Waals surface area contributed by atoms with Gasteiger partial charge in [0.1, 0.15) is 11.3 Å². The van der Waals surface area contributed by atoms with Crippen molar-refractivity contribution in [2.45, 2.75) is 26.4 Å². The first-order chi connectivity index (χ1) is 9.74. The van der Waals surface area contributed by atoms with Gasteiger partial charge in [0.05, 0.1) is 13.1 Å². The van der Waals surface area contributed by atoms with Gasteiger partial charge in [0, 0.05) is 11.9 Å². The van der Waals surface area contributed by atoms with E-state index in [4.69, 9.17) is 4.74 Å². The number of nitrogens with one attached hydrogen (secondary N) is 1. The van der Waals surface area contributed by atoms with E-state index in [1.54, 1.807) is 26.8 Å². The largest absolute Gasteiger partial charge is 0.444 e. The fourth-order valence-electron chi connectivity index (χ4n) is 1.73. The summed E-state index contributed by atoms with van der Waals surface area (Å²) >= 11 is 0. The normalized spacial score (nSPS) is 14.4. The molecular weight excluding hydrogens is 274 g/mol. The van der Waals surface area contributed by atoms with Crippen LogP contribution in [-0.4, -0.2) is 46.4 Å². The van der Waals surface area contributed by atoms with Gasteiger partial charge in [-0.3, -0.25) is 19.9 Å². The van der Waals surface area contributed by atoms with Crippen molar-refractivity contribution in [2.24, 2.45) is 0 Å². The van der Waals surface area contributed by atoms with Crippen LogP contribution in [0.1, 0.15) is 31.3 Å². The predicted octanol–water partition coefficient (Wildman–Crippen LogP) is 1.45. The molecule has 2 rings (SSSR count). The molecule has 7 nitrogen and oxygen atoms in total. The molecule has 0 unspecified atom stereocenters. The second-order valence-electron chi connectivity index (χ2n) is 5.76. The van der Waals surface area contributed by atoms with Gasteiger partial charge in [-0.15, -0.1) is 0 Å². The molecule has 1 N–H and O–H groups in total. The monoisotopic (exact) mass is 291 g/mol. The Morgan fingerprint density at radius 1 is 1.33 bits per heavy atom. The summed E-state index contributed by atoms with van der Waals surface area (Å²) in [6.07, 6.45) is 0.813. The van der Waals surface area contributed by atoms with E-state index in [2.05, 4.69) is 10.3 Å². The van der Waals surface area contributed by atoms with Crippen LogP contribution in [0, 0.1) is 0 Å². The standard InChI is InChI=1S/C14H17N3O4/c1-14(2,3)21-13(20)16-9-4-5-15-11(6-9)12(19)17-7-10(18)8-17/h4-6H,7-8H2,1-3H3,(H,15,16,20). The van der Waals surface area contributed by atoms with Crippen LogP contribution >= 0.6 is 0 Å². The lowest BCUT2D eigenvalue weighted by Crippen LogP contribution is -2.50. The first-order valence-corrected chi connectivity index (χ1v) is 6.51. The number of amides is 2. The molecule has 0 aromatic carbocycles. The third-order valence-electron chi connectivity index (χ3n) is 2.65. The number of likely N-dealkylation sites (tertiary alicyclic amines) is 1. The molecule has 21 heavy (non-hydrogen) atoms. The topological polar surface area (TPSA) is 88.6 Å². The number of carbonyl (C=O) groups excluding carboxylic acids is 3. The SMILES string of the molecule is CC(C)(C)OC(=O)Nc1ccnc(C(=O)N2CC(=O)C2)c1. The molecule has 1 aliphatic rings. The number of rotatable bonds is 2. The number of hydrogen-bond acceptors (Lipinski definition) is 5. The minimum absolute atomic E-state index is 0.0198. The zero-order valence-electron chi connectivity index (χ0n) is 12.2. The number of pyridine rings is 1. The molecule has 112 valence electrons. The van der Waals surface area contributed by atoms with Crippen LogP contribution < -0.4 is 5.32 Å². The third-order valence-corrected chi connectivity index (χ3v) is 2.65. The molecule has 1 fully saturated rings. The average Bonchev–Trinajstić information content (AvgIpc) is 2.32. The molecule has 1 saturated heterocycles. The summed E-state index contributed by atoms with van der Waals surface area (Å²) in [7, 11) is 0. The van der Waals surface area contributed by atoms with Crippen LogP contribution in [0.2, 0.25) is 0 Å². The molecule has 1 aromatic heterocycles. The van der Waals surface area contributed by atoms with E-state index in [1.807, 2.05) is 0 Å². The number of ketones is 1. The van der Waals surface area contributed by atoms with Crippen molar-refractivity contribution in [3.05, 3.63) is 24.0 Å². The van der Waals surface area contributed by atoms with E-state index in [9.17, 15) is 14.4 Å². The summed E-state index contributed by atoms with van der Waals surface area (Å²) in [5.41, 5.74) is -0.0150. The summed E-state index contributed by atoms with van der Waals surface area (Å²) in [4.78, 5) is 39.9. The highest BCUT2D eigenvalue weighted by Crippen LogP contribution is 2.14. The molecule has 0 saturated carbocycles. The van der Waals surface area contributed by atoms with Gasteiger partial charge >= 0.3 is 6.09 Å². The molecule has 0 atom stereocenters. The van der Waals surface area contributed by atoms with Crippen LogP contribution in [-0.2, 0) is 9.53 Å². The van der Waals surface area contributed by atoms with Gasteiger partial charge in [-0.25, -0.2) is 4.79 Å². The van der Waals surface area contributed by atoms with E-state index in [0.717, 1.165) is 0 Å². The molecule has 2 heterocycles. The average molecular weight is 291 g/mol. The number of aromatic nitrogens is 1. The van der Waals surface area contributed by atoms with Gasteiger partial charge in [0.15, 0.2) is 5.78 Å². The quantitative estimate of drug-likeness (QED) is 0.891. The van der Waals surface area contributed by atoms with Crippen LogP contribution in [0.4, 0.5) is 10.5 Å². The first-order valence-electron chi connectivity index (χ1n) is 6.51. The summed E-state index contributed by atoms with van der Waals surface area (Å²) in [6, 6.07) is 3.01. The Balaban J connectivity index is 2.02. The summed E-state index contributed by atoms with van der Waals surface area (Å²) < 4.78 is 5.13. The van der Waals surface area contributed by atoms with E-state index >= 15 is 0 Å². The maximum Gasteiger partial charge on any atom is 0.412 e. The Morgan fingerprint density at radius 3 is 2.57 bits per heavy atom. The minimum Gasteiger partial charge on any atom is -0.444 e. The van der Waals surface area contributed by atoms with Crippen molar-refractivity contribution < 1.29 is 19.1 Å². The second-order valence-corrected chi connectivity index (χ2v) is 5.76. The Labute approximate surface area is 122 Å². The predicted molar refractivity (Wildman–Crippen MR) is 75.0 cm³/mol. The summed E-state index contributed by atoms with van der Waals surface area (Å²) in [5, 5.41) is 2.54. The number of Topliss-reactive ketones (excluding diaryl/α,β-unsaturated/α-hetero) is 1. The zero-order chi connectivity index (χ0) is 15.6. The fourth-order valence-corrected chi connectivity index (χ4v) is 1.73. The van der Waals surface area contributed by atoms with Gasteiger partial charge < -0.3 is 9.64 Å². The Hall–Kier alpha value is -2.44. The van der Waals surface area contributed by atoms with Crippen molar-refractivity contribution in [1.82, 2.24) is 9.88 Å². The van der Waals surface area contributed by atoms with E-state index < -0.39 is 11.7 Å². The molecule has 0 bridgehead atoms. The molecule has 2 amide bonds. The Morgan fingerprint density at radius 2 is 2.00 bits per heavy atom. The Bertz CT molecular complexity index is 584. The van der Waals surface area contributed by atoms with E-state index in [1.165, 1.54) is 17.2 Å². The van der Waals surface area contributed by atoms with E-state index in [0.29, 0.717) is 5.69 Å². The summed E-state index contributed by atoms with van der Waals surface area (Å²) in [6.45, 7) is 5.51. The number of anilines is 1. The van der Waals surface area contributed by atoms with Crippen molar-refractivity contribution in [1.29, 1.82) is 0 Å². The first kappa shape index (κ1) is 15.0. The molecule has 0 aliphatic carbocycles. The zero-order valence-corrected chi connectivity index (χ0v) is 12.2.